The lowest BCUT2D eigenvalue weighted by molar-refractivity contribution is 0.0694. The minimum atomic E-state index is -3.54. The number of aryl methyl sites for hydroxylation is 1. The summed E-state index contributed by atoms with van der Waals surface area (Å²) >= 11 is 3.36. The van der Waals surface area contributed by atoms with Gasteiger partial charge in [-0.05, 0) is 42.6 Å². The van der Waals surface area contributed by atoms with Gasteiger partial charge in [-0.25, -0.2) is 8.42 Å². The fraction of sp³-hybridized carbons (Fsp3) is 0.261. The van der Waals surface area contributed by atoms with Crippen LogP contribution < -0.4 is 0 Å². The van der Waals surface area contributed by atoms with Crippen molar-refractivity contribution in [3.63, 3.8) is 0 Å². The minimum absolute atomic E-state index is 0.0401. The summed E-state index contributed by atoms with van der Waals surface area (Å²) in [5, 5.41) is 2.05. The summed E-state index contributed by atoms with van der Waals surface area (Å²) in [5.41, 5.74) is 1.70. The fourth-order valence-electron chi connectivity index (χ4n) is 3.47. The number of thiophene rings is 1. The lowest BCUT2D eigenvalue weighted by atomic mass is 10.2. The molecule has 1 aromatic heterocycles. The van der Waals surface area contributed by atoms with E-state index in [1.165, 1.54) is 9.18 Å². The molecule has 1 aliphatic heterocycles. The van der Waals surface area contributed by atoms with Gasteiger partial charge < -0.3 is 4.90 Å². The fourth-order valence-corrected chi connectivity index (χ4v) is 6.71. The maximum atomic E-state index is 13.2. The Morgan fingerprint density at radius 2 is 1.68 bits per heavy atom. The van der Waals surface area contributed by atoms with E-state index in [1.807, 2.05) is 37.3 Å². The highest BCUT2D eigenvalue weighted by Crippen LogP contribution is 2.29. The molecule has 5 nitrogen and oxygen atoms in total. The molecule has 8 heteroatoms. The lowest BCUT2D eigenvalue weighted by Gasteiger charge is -2.34. The highest BCUT2D eigenvalue weighted by atomic mass is 32.2. The van der Waals surface area contributed by atoms with Gasteiger partial charge in [0.15, 0.2) is 0 Å². The van der Waals surface area contributed by atoms with Crippen LogP contribution in [-0.2, 0) is 15.8 Å². The molecule has 1 amide bonds. The number of amides is 1. The molecule has 162 valence electrons. The van der Waals surface area contributed by atoms with Crippen molar-refractivity contribution in [3.05, 3.63) is 82.0 Å². The Kier molecular flexibility index (Phi) is 6.81. The molecule has 1 aliphatic rings. The summed E-state index contributed by atoms with van der Waals surface area (Å²) in [7, 11) is -3.54. The predicted octanol–water partition coefficient (Wildman–Crippen LogP) is 4.50. The van der Waals surface area contributed by atoms with Crippen molar-refractivity contribution in [2.45, 2.75) is 22.5 Å². The van der Waals surface area contributed by atoms with Gasteiger partial charge in [0.05, 0.1) is 10.5 Å². The van der Waals surface area contributed by atoms with Gasteiger partial charge in [0, 0.05) is 41.7 Å². The Balaban J connectivity index is 1.42. The van der Waals surface area contributed by atoms with E-state index in [0.29, 0.717) is 36.6 Å². The van der Waals surface area contributed by atoms with Gasteiger partial charge in [0.25, 0.3) is 5.91 Å². The van der Waals surface area contributed by atoms with Crippen molar-refractivity contribution >= 4 is 39.0 Å². The van der Waals surface area contributed by atoms with Gasteiger partial charge >= 0.3 is 0 Å². The molecule has 0 N–H and O–H groups in total. The molecule has 31 heavy (non-hydrogen) atoms. The van der Waals surface area contributed by atoms with Crippen LogP contribution in [0.5, 0.6) is 0 Å². The highest BCUT2D eigenvalue weighted by Gasteiger charge is 2.31. The zero-order valence-electron chi connectivity index (χ0n) is 17.2. The number of hydrogen-bond donors (Lipinski definition) is 0. The van der Waals surface area contributed by atoms with Crippen LogP contribution in [0.2, 0.25) is 0 Å². The van der Waals surface area contributed by atoms with Crippen LogP contribution in [0.4, 0.5) is 0 Å². The van der Waals surface area contributed by atoms with Crippen molar-refractivity contribution in [1.82, 2.24) is 9.21 Å². The number of sulfonamides is 1. The summed E-state index contributed by atoms with van der Waals surface area (Å²) in [6, 6.07) is 18.7. The van der Waals surface area contributed by atoms with E-state index in [1.54, 1.807) is 52.3 Å². The number of piperazine rings is 1. The number of carbonyl (C=O) groups excluding carboxylic acids is 1. The van der Waals surface area contributed by atoms with Gasteiger partial charge in [0.1, 0.15) is 0 Å². The molecule has 0 aliphatic carbocycles. The van der Waals surface area contributed by atoms with Crippen LogP contribution >= 0.6 is 23.1 Å². The van der Waals surface area contributed by atoms with E-state index in [0.717, 1.165) is 16.2 Å². The van der Waals surface area contributed by atoms with Crippen molar-refractivity contribution in [2.24, 2.45) is 0 Å². The molecule has 0 unspecified atom stereocenters. The molecule has 0 bridgehead atoms. The molecule has 0 atom stereocenters. The zero-order valence-corrected chi connectivity index (χ0v) is 19.7. The molecule has 0 saturated carbocycles. The van der Waals surface area contributed by atoms with Gasteiger partial charge in [-0.1, -0.05) is 35.9 Å². The van der Waals surface area contributed by atoms with Gasteiger partial charge in [-0.3, -0.25) is 4.79 Å². The second-order valence-corrected chi connectivity index (χ2v) is 11.4. The molecule has 0 radical (unpaired) electrons. The first-order valence-electron chi connectivity index (χ1n) is 10.1. The van der Waals surface area contributed by atoms with Crippen molar-refractivity contribution in [2.75, 3.05) is 26.2 Å². The summed E-state index contributed by atoms with van der Waals surface area (Å²) in [5.74, 6) is 0.784. The van der Waals surface area contributed by atoms with E-state index < -0.39 is 10.0 Å². The predicted molar refractivity (Wildman–Crippen MR) is 126 cm³/mol. The molecule has 2 aromatic carbocycles. The molecule has 3 aromatic rings. The van der Waals surface area contributed by atoms with Crippen LogP contribution in [0.1, 0.15) is 20.8 Å². The Bertz CT molecular complexity index is 1140. The van der Waals surface area contributed by atoms with Crippen LogP contribution in [0.15, 0.2) is 75.8 Å². The number of thioether (sulfide) groups is 1. The summed E-state index contributed by atoms with van der Waals surface area (Å²) in [6.07, 6.45) is 0. The van der Waals surface area contributed by atoms with Gasteiger partial charge in [-0.2, -0.15) is 4.31 Å². The second kappa shape index (κ2) is 9.56. The molecule has 4 rings (SSSR count). The Labute approximate surface area is 191 Å². The van der Waals surface area contributed by atoms with Crippen molar-refractivity contribution < 1.29 is 13.2 Å². The van der Waals surface area contributed by atoms with Crippen molar-refractivity contribution in [3.8, 4) is 0 Å². The van der Waals surface area contributed by atoms with Crippen LogP contribution in [0.3, 0.4) is 0 Å². The largest absolute Gasteiger partial charge is 0.336 e. The third kappa shape index (κ3) is 5.03. The number of benzene rings is 2. The number of carbonyl (C=O) groups is 1. The van der Waals surface area contributed by atoms with E-state index in [4.69, 9.17) is 0 Å². The zero-order chi connectivity index (χ0) is 21.8. The molecular weight excluding hydrogens is 448 g/mol. The molecular formula is C23H24N2O3S3. The van der Waals surface area contributed by atoms with Crippen LogP contribution in [0.25, 0.3) is 0 Å². The van der Waals surface area contributed by atoms with Crippen molar-refractivity contribution in [1.29, 1.82) is 0 Å². The van der Waals surface area contributed by atoms with Gasteiger partial charge in [-0.15, -0.1) is 23.1 Å². The second-order valence-electron chi connectivity index (χ2n) is 7.37. The first-order chi connectivity index (χ1) is 14.9. The van der Waals surface area contributed by atoms with Crippen LogP contribution in [0, 0.1) is 6.92 Å². The standard InChI is InChI=1S/C23H24N2O3S3/c1-18-8-10-20(11-9-18)31(27,28)25-14-12-24(13-15-25)23(26)21-6-2-3-7-22(21)30-17-19-5-4-16-29-19/h2-11,16H,12-15,17H2,1H3. The van der Waals surface area contributed by atoms with E-state index in [-0.39, 0.29) is 5.91 Å². The van der Waals surface area contributed by atoms with Gasteiger partial charge in [0.2, 0.25) is 10.0 Å². The smallest absolute Gasteiger partial charge is 0.255 e. The summed E-state index contributed by atoms with van der Waals surface area (Å²) in [6.45, 7) is 3.29. The summed E-state index contributed by atoms with van der Waals surface area (Å²) in [4.78, 5) is 17.5. The Morgan fingerprint density at radius 3 is 2.35 bits per heavy atom. The average molecular weight is 473 g/mol. The van der Waals surface area contributed by atoms with Crippen LogP contribution in [-0.4, -0.2) is 49.7 Å². The first kappa shape index (κ1) is 22.1. The summed E-state index contributed by atoms with van der Waals surface area (Å²) < 4.78 is 27.3. The van der Waals surface area contributed by atoms with E-state index >= 15 is 0 Å². The third-order valence-electron chi connectivity index (χ3n) is 5.25. The number of nitrogens with zero attached hydrogens (tertiary/aromatic N) is 2. The maximum Gasteiger partial charge on any atom is 0.255 e. The third-order valence-corrected chi connectivity index (χ3v) is 9.35. The van der Waals surface area contributed by atoms with E-state index in [2.05, 4.69) is 11.4 Å². The number of hydrogen-bond acceptors (Lipinski definition) is 5. The normalized spacial score (nSPS) is 15.2. The first-order valence-corrected chi connectivity index (χ1v) is 13.4. The lowest BCUT2D eigenvalue weighted by Crippen LogP contribution is -2.50. The van der Waals surface area contributed by atoms with E-state index in [9.17, 15) is 13.2 Å². The minimum Gasteiger partial charge on any atom is -0.336 e. The maximum absolute atomic E-state index is 13.2. The molecule has 1 saturated heterocycles. The molecule has 0 spiro atoms. The molecule has 1 fully saturated rings. The SMILES string of the molecule is Cc1ccc(S(=O)(=O)N2CCN(C(=O)c3ccccc3SCc3cccs3)CC2)cc1. The monoisotopic (exact) mass is 472 g/mol. The topological polar surface area (TPSA) is 57.7 Å². The highest BCUT2D eigenvalue weighted by molar-refractivity contribution is 7.98. The average Bonchev–Trinajstić information content (AvgIpc) is 3.31. The Morgan fingerprint density at radius 1 is 0.968 bits per heavy atom. The number of rotatable bonds is 6. The molecule has 2 heterocycles. The Hall–Kier alpha value is -2.13. The quantitative estimate of drug-likeness (QED) is 0.496.